The number of methoxy groups -OCH3 is 1. The van der Waals surface area contributed by atoms with Crippen LogP contribution >= 0.6 is 0 Å². The van der Waals surface area contributed by atoms with Gasteiger partial charge in [-0.05, 0) is 56.0 Å². The fourth-order valence-corrected chi connectivity index (χ4v) is 4.49. The molecule has 0 saturated carbocycles. The minimum absolute atomic E-state index is 0.294. The molecule has 0 saturated heterocycles. The van der Waals surface area contributed by atoms with E-state index in [2.05, 4.69) is 30.4 Å². The molecule has 0 aliphatic heterocycles. The Hall–Kier alpha value is -2.54. The van der Waals surface area contributed by atoms with E-state index < -0.39 is 16.1 Å². The fraction of sp³-hybridized carbons (Fsp3) is 0.409. The van der Waals surface area contributed by atoms with Crippen molar-refractivity contribution in [3.05, 3.63) is 59.7 Å². The molecule has 0 heterocycles. The number of carbonyl (C=O) groups excluding carboxylic acids is 1. The molecule has 0 unspecified atom stereocenters. The first kappa shape index (κ1) is 22.7. The van der Waals surface area contributed by atoms with Gasteiger partial charge < -0.3 is 10.1 Å². The highest BCUT2D eigenvalue weighted by Crippen LogP contribution is 2.25. The maximum absolute atomic E-state index is 12.8. The summed E-state index contributed by atoms with van der Waals surface area (Å²) in [7, 11) is -2.10. The van der Waals surface area contributed by atoms with Gasteiger partial charge in [0, 0.05) is 6.54 Å². The van der Waals surface area contributed by atoms with Crippen LogP contribution in [0.2, 0.25) is 0 Å². The number of nitrogens with one attached hydrogen (secondary N) is 1. The van der Waals surface area contributed by atoms with Crippen LogP contribution in [0, 0.1) is 6.92 Å². The summed E-state index contributed by atoms with van der Waals surface area (Å²) in [6.45, 7) is 4.35. The number of aryl methyl sites for hydroxylation is 2. The maximum atomic E-state index is 12.8. The molecule has 1 N–H and O–H groups in total. The minimum Gasteiger partial charge on any atom is -0.497 e. The van der Waals surface area contributed by atoms with Crippen molar-refractivity contribution in [2.24, 2.45) is 0 Å². The van der Waals surface area contributed by atoms with Gasteiger partial charge in [-0.1, -0.05) is 36.8 Å². The molecular formula is C22H30N2O4S. The lowest BCUT2D eigenvalue weighted by molar-refractivity contribution is -0.122. The molecule has 2 rings (SSSR count). The summed E-state index contributed by atoms with van der Waals surface area (Å²) < 4.78 is 31.2. The Balaban J connectivity index is 2.05. The molecule has 29 heavy (non-hydrogen) atoms. The van der Waals surface area contributed by atoms with Crippen LogP contribution < -0.4 is 14.4 Å². The Morgan fingerprint density at radius 2 is 1.86 bits per heavy atom. The lowest BCUT2D eigenvalue weighted by Gasteiger charge is -2.30. The molecule has 0 aliphatic carbocycles. The zero-order valence-electron chi connectivity index (χ0n) is 17.5. The van der Waals surface area contributed by atoms with Crippen molar-refractivity contribution in [3.63, 3.8) is 0 Å². The molecule has 0 fully saturated rings. The van der Waals surface area contributed by atoms with Crippen LogP contribution in [0.5, 0.6) is 5.75 Å². The number of hydrogen-bond acceptors (Lipinski definition) is 4. The Morgan fingerprint density at radius 1 is 1.17 bits per heavy atom. The van der Waals surface area contributed by atoms with Crippen molar-refractivity contribution >= 4 is 21.6 Å². The highest BCUT2D eigenvalue weighted by atomic mass is 32.2. The summed E-state index contributed by atoms with van der Waals surface area (Å²) in [6.07, 6.45) is 3.12. The van der Waals surface area contributed by atoms with Gasteiger partial charge in [0.1, 0.15) is 11.8 Å². The van der Waals surface area contributed by atoms with Crippen molar-refractivity contribution in [1.82, 2.24) is 5.32 Å². The topological polar surface area (TPSA) is 75.7 Å². The molecule has 0 radical (unpaired) electrons. The summed E-state index contributed by atoms with van der Waals surface area (Å²) in [5, 5.41) is 2.89. The highest BCUT2D eigenvalue weighted by Gasteiger charge is 2.31. The molecule has 0 spiro atoms. The second-order valence-electron chi connectivity index (χ2n) is 7.06. The lowest BCUT2D eigenvalue weighted by Crippen LogP contribution is -2.49. The maximum Gasteiger partial charge on any atom is 0.243 e. The molecular weight excluding hydrogens is 388 g/mol. The number of anilines is 1. The van der Waals surface area contributed by atoms with Crippen LogP contribution in [-0.4, -0.2) is 40.3 Å². The van der Waals surface area contributed by atoms with Gasteiger partial charge >= 0.3 is 0 Å². The number of carbonyl (C=O) groups is 1. The third kappa shape index (κ3) is 6.49. The minimum atomic E-state index is -3.64. The Bertz CT molecular complexity index is 911. The third-order valence-corrected chi connectivity index (χ3v) is 5.86. The van der Waals surface area contributed by atoms with Gasteiger partial charge in [-0.3, -0.25) is 9.10 Å². The third-order valence-electron chi connectivity index (χ3n) is 4.68. The number of sulfonamides is 1. The summed E-state index contributed by atoms with van der Waals surface area (Å²) in [5.74, 6) is 0.328. The summed E-state index contributed by atoms with van der Waals surface area (Å²) in [4.78, 5) is 12.8. The number of benzene rings is 2. The summed E-state index contributed by atoms with van der Waals surface area (Å²) in [5.41, 5.74) is 2.87. The smallest absolute Gasteiger partial charge is 0.243 e. The van der Waals surface area contributed by atoms with E-state index in [1.807, 2.05) is 6.07 Å². The van der Waals surface area contributed by atoms with E-state index in [4.69, 9.17) is 4.74 Å². The first-order chi connectivity index (χ1) is 13.8. The van der Waals surface area contributed by atoms with Crippen LogP contribution in [0.3, 0.4) is 0 Å². The summed E-state index contributed by atoms with van der Waals surface area (Å²) >= 11 is 0. The largest absolute Gasteiger partial charge is 0.497 e. The molecule has 0 bridgehead atoms. The van der Waals surface area contributed by atoms with Crippen LogP contribution in [0.15, 0.2) is 48.5 Å². The second kappa shape index (κ2) is 10.3. The second-order valence-corrected chi connectivity index (χ2v) is 8.92. The van der Waals surface area contributed by atoms with Crippen molar-refractivity contribution < 1.29 is 17.9 Å². The molecule has 6 nitrogen and oxygen atoms in total. The number of nitrogens with zero attached hydrogens (tertiary/aromatic N) is 1. The Labute approximate surface area is 173 Å². The van der Waals surface area contributed by atoms with Crippen LogP contribution in [-0.2, 0) is 21.2 Å². The molecule has 158 valence electrons. The molecule has 7 heteroatoms. The van der Waals surface area contributed by atoms with E-state index in [1.165, 1.54) is 15.4 Å². The first-order valence-corrected chi connectivity index (χ1v) is 11.6. The van der Waals surface area contributed by atoms with Gasteiger partial charge in [-0.25, -0.2) is 8.42 Å². The van der Waals surface area contributed by atoms with Crippen LogP contribution in [0.4, 0.5) is 5.69 Å². The SMILES string of the molecule is CC[C@H](C(=O)NCCCc1cccc(C)c1)N(c1ccc(OC)cc1)S(C)(=O)=O. The van der Waals surface area contributed by atoms with Gasteiger partial charge in [0.15, 0.2) is 0 Å². The van der Waals surface area contributed by atoms with Gasteiger partial charge in [0.25, 0.3) is 0 Å². The van der Waals surface area contributed by atoms with Gasteiger partial charge in [0.2, 0.25) is 15.9 Å². The Kier molecular flexibility index (Phi) is 8.08. The van der Waals surface area contributed by atoms with Gasteiger partial charge in [0.05, 0.1) is 19.1 Å². The zero-order valence-corrected chi connectivity index (χ0v) is 18.3. The van der Waals surface area contributed by atoms with Crippen molar-refractivity contribution in [3.8, 4) is 5.75 Å². The number of rotatable bonds is 10. The fourth-order valence-electron chi connectivity index (χ4n) is 3.28. The average Bonchev–Trinajstić information content (AvgIpc) is 2.68. The number of hydrogen-bond donors (Lipinski definition) is 1. The number of amides is 1. The predicted molar refractivity (Wildman–Crippen MR) is 117 cm³/mol. The van der Waals surface area contributed by atoms with Gasteiger partial charge in [-0.2, -0.15) is 0 Å². The molecule has 1 atom stereocenters. The van der Waals surface area contributed by atoms with E-state index in [-0.39, 0.29) is 5.91 Å². The van der Waals surface area contributed by atoms with Crippen LogP contribution in [0.1, 0.15) is 30.9 Å². The summed E-state index contributed by atoms with van der Waals surface area (Å²) in [6, 6.07) is 14.1. The van der Waals surface area contributed by atoms with Crippen molar-refractivity contribution in [2.75, 3.05) is 24.2 Å². The molecule has 2 aromatic rings. The van der Waals surface area contributed by atoms with Crippen molar-refractivity contribution in [2.45, 2.75) is 39.2 Å². The van der Waals surface area contributed by atoms with E-state index in [1.54, 1.807) is 38.3 Å². The van der Waals surface area contributed by atoms with Crippen LogP contribution in [0.25, 0.3) is 0 Å². The standard InChI is InChI=1S/C22H30N2O4S/c1-5-21(22(25)23-15-7-10-18-9-6-8-17(2)16-18)24(29(4,26)27)19-11-13-20(28-3)14-12-19/h6,8-9,11-14,16,21H,5,7,10,15H2,1-4H3,(H,23,25)/t21-/m1/s1. The first-order valence-electron chi connectivity index (χ1n) is 9.73. The Morgan fingerprint density at radius 3 is 2.41 bits per heavy atom. The predicted octanol–water partition coefficient (Wildman–Crippen LogP) is 3.30. The molecule has 0 aromatic heterocycles. The lowest BCUT2D eigenvalue weighted by atomic mass is 10.1. The van der Waals surface area contributed by atoms with E-state index in [0.717, 1.165) is 19.1 Å². The van der Waals surface area contributed by atoms with Crippen molar-refractivity contribution in [1.29, 1.82) is 0 Å². The molecule has 1 amide bonds. The monoisotopic (exact) mass is 418 g/mol. The highest BCUT2D eigenvalue weighted by molar-refractivity contribution is 7.92. The number of ether oxygens (including phenoxy) is 1. The van der Waals surface area contributed by atoms with Gasteiger partial charge in [-0.15, -0.1) is 0 Å². The van der Waals surface area contributed by atoms with E-state index >= 15 is 0 Å². The quantitative estimate of drug-likeness (QED) is 0.601. The average molecular weight is 419 g/mol. The molecule has 2 aromatic carbocycles. The zero-order chi connectivity index (χ0) is 21.4. The van der Waals surface area contributed by atoms with E-state index in [9.17, 15) is 13.2 Å². The van der Waals surface area contributed by atoms with E-state index in [0.29, 0.717) is 24.4 Å². The molecule has 0 aliphatic rings. The normalized spacial score (nSPS) is 12.3.